The number of hydrogen-bond donors (Lipinski definition) is 1. The van der Waals surface area contributed by atoms with E-state index in [-0.39, 0.29) is 18.9 Å². The zero-order valence-electron chi connectivity index (χ0n) is 17.2. The van der Waals surface area contributed by atoms with Crippen molar-refractivity contribution in [2.24, 2.45) is 0 Å². The topological polar surface area (TPSA) is 73.2 Å². The van der Waals surface area contributed by atoms with Gasteiger partial charge >= 0.3 is 5.97 Å². The van der Waals surface area contributed by atoms with Crippen LogP contribution < -0.4 is 5.32 Å². The number of nitrogens with zero attached hydrogens (tertiary/aromatic N) is 2. The maximum atomic E-state index is 12.2. The van der Waals surface area contributed by atoms with Crippen molar-refractivity contribution in [3.63, 3.8) is 0 Å². The molecule has 6 heteroatoms. The summed E-state index contributed by atoms with van der Waals surface area (Å²) < 4.78 is 7.00. The Labute approximate surface area is 171 Å². The van der Waals surface area contributed by atoms with Gasteiger partial charge in [-0.15, -0.1) is 0 Å². The second-order valence-corrected chi connectivity index (χ2v) is 7.44. The Morgan fingerprint density at radius 2 is 1.97 bits per heavy atom. The van der Waals surface area contributed by atoms with E-state index in [0.717, 1.165) is 41.9 Å². The van der Waals surface area contributed by atoms with Crippen molar-refractivity contribution in [1.82, 2.24) is 15.1 Å². The number of nitrogens with one attached hydrogen (secondary N) is 1. The molecule has 1 aliphatic carbocycles. The lowest BCUT2D eigenvalue weighted by atomic mass is 9.97. The van der Waals surface area contributed by atoms with Gasteiger partial charge in [-0.25, -0.2) is 4.68 Å². The number of amides is 1. The molecule has 0 radical (unpaired) electrons. The standard InChI is InChI=1S/C23H29N3O3/c1-17-21(18(2)26(25-17)20-11-7-4-8-12-20)15-23(28)29-16-22(27)24-14-13-19-9-5-3-6-10-19/h4,7-9,11-12H,3,5-6,10,13-16H2,1-2H3,(H,24,27). The number of aromatic nitrogens is 2. The highest BCUT2D eigenvalue weighted by molar-refractivity contribution is 5.81. The Morgan fingerprint density at radius 3 is 2.69 bits per heavy atom. The van der Waals surface area contributed by atoms with Gasteiger partial charge in [-0.05, 0) is 58.1 Å². The number of allylic oxidation sites excluding steroid dienone is 1. The van der Waals surface area contributed by atoms with Crippen LogP contribution >= 0.6 is 0 Å². The first-order valence-electron chi connectivity index (χ1n) is 10.3. The number of rotatable bonds is 8. The Morgan fingerprint density at radius 1 is 1.17 bits per heavy atom. The van der Waals surface area contributed by atoms with Crippen molar-refractivity contribution in [3.05, 3.63) is 58.9 Å². The highest BCUT2D eigenvalue weighted by atomic mass is 16.5. The van der Waals surface area contributed by atoms with Crippen LogP contribution in [0, 0.1) is 13.8 Å². The van der Waals surface area contributed by atoms with Crippen LogP contribution in [0.25, 0.3) is 5.69 Å². The molecule has 1 N–H and O–H groups in total. The summed E-state index contributed by atoms with van der Waals surface area (Å²) in [5.74, 6) is -0.683. The van der Waals surface area contributed by atoms with Gasteiger partial charge in [-0.2, -0.15) is 5.10 Å². The minimum atomic E-state index is -0.422. The molecule has 1 heterocycles. The number of aryl methyl sites for hydroxylation is 1. The van der Waals surface area contributed by atoms with Crippen LogP contribution in [0.15, 0.2) is 42.0 Å². The third-order valence-electron chi connectivity index (χ3n) is 5.28. The molecular formula is C23H29N3O3. The largest absolute Gasteiger partial charge is 0.455 e. The van der Waals surface area contributed by atoms with Crippen molar-refractivity contribution in [2.45, 2.75) is 52.4 Å². The van der Waals surface area contributed by atoms with Gasteiger partial charge in [-0.1, -0.05) is 29.8 Å². The third kappa shape index (κ3) is 5.79. The van der Waals surface area contributed by atoms with Gasteiger partial charge in [0.25, 0.3) is 5.91 Å². The summed E-state index contributed by atoms with van der Waals surface area (Å²) in [5, 5.41) is 7.36. The summed E-state index contributed by atoms with van der Waals surface area (Å²) in [4.78, 5) is 24.2. The van der Waals surface area contributed by atoms with Gasteiger partial charge < -0.3 is 10.1 Å². The average molecular weight is 396 g/mol. The van der Waals surface area contributed by atoms with E-state index in [9.17, 15) is 9.59 Å². The SMILES string of the molecule is Cc1nn(-c2ccccc2)c(C)c1CC(=O)OCC(=O)NCCC1=CCCCC1. The quantitative estimate of drug-likeness (QED) is 0.548. The average Bonchev–Trinajstić information content (AvgIpc) is 3.02. The summed E-state index contributed by atoms with van der Waals surface area (Å²) in [5.41, 5.74) is 4.88. The molecule has 1 aromatic heterocycles. The first kappa shape index (κ1) is 20.8. The second kappa shape index (κ2) is 10.0. The monoisotopic (exact) mass is 395 g/mol. The van der Waals surface area contributed by atoms with Crippen LogP contribution in [0.2, 0.25) is 0 Å². The van der Waals surface area contributed by atoms with E-state index in [1.807, 2.05) is 48.9 Å². The van der Waals surface area contributed by atoms with Gasteiger partial charge in [0.1, 0.15) is 0 Å². The molecule has 3 rings (SSSR count). The molecule has 154 valence electrons. The molecule has 1 aromatic carbocycles. The van der Waals surface area contributed by atoms with Gasteiger partial charge in [0.05, 0.1) is 17.8 Å². The first-order valence-corrected chi connectivity index (χ1v) is 10.3. The Kier molecular flexibility index (Phi) is 7.22. The summed E-state index contributed by atoms with van der Waals surface area (Å²) in [6, 6.07) is 9.78. The fourth-order valence-corrected chi connectivity index (χ4v) is 3.64. The maximum Gasteiger partial charge on any atom is 0.310 e. The zero-order valence-corrected chi connectivity index (χ0v) is 17.2. The van der Waals surface area contributed by atoms with Crippen LogP contribution in [0.5, 0.6) is 0 Å². The fourth-order valence-electron chi connectivity index (χ4n) is 3.64. The van der Waals surface area contributed by atoms with E-state index in [0.29, 0.717) is 6.54 Å². The number of benzene rings is 1. The molecule has 0 aliphatic heterocycles. The molecule has 0 spiro atoms. The van der Waals surface area contributed by atoms with Crippen molar-refractivity contribution in [1.29, 1.82) is 0 Å². The molecule has 1 amide bonds. The Bertz CT molecular complexity index is 884. The molecule has 0 saturated carbocycles. The van der Waals surface area contributed by atoms with E-state index in [1.165, 1.54) is 18.4 Å². The smallest absolute Gasteiger partial charge is 0.310 e. The van der Waals surface area contributed by atoms with Crippen LogP contribution in [0.3, 0.4) is 0 Å². The minimum absolute atomic E-state index is 0.102. The highest BCUT2D eigenvalue weighted by Gasteiger charge is 2.17. The minimum Gasteiger partial charge on any atom is -0.455 e. The number of carbonyl (C=O) groups excluding carboxylic acids is 2. The van der Waals surface area contributed by atoms with E-state index in [2.05, 4.69) is 16.5 Å². The molecule has 0 unspecified atom stereocenters. The van der Waals surface area contributed by atoms with E-state index >= 15 is 0 Å². The molecule has 1 aliphatic rings. The molecule has 0 atom stereocenters. The molecule has 0 saturated heterocycles. The van der Waals surface area contributed by atoms with E-state index in [1.54, 1.807) is 0 Å². The molecule has 2 aromatic rings. The van der Waals surface area contributed by atoms with Crippen molar-refractivity contribution in [2.75, 3.05) is 13.2 Å². The molecular weight excluding hydrogens is 366 g/mol. The van der Waals surface area contributed by atoms with Crippen LogP contribution in [0.1, 0.15) is 49.1 Å². The number of para-hydroxylation sites is 1. The fraction of sp³-hybridized carbons (Fsp3) is 0.435. The maximum absolute atomic E-state index is 12.2. The van der Waals surface area contributed by atoms with E-state index < -0.39 is 5.97 Å². The number of hydrogen-bond acceptors (Lipinski definition) is 4. The van der Waals surface area contributed by atoms with Gasteiger partial charge in [0.2, 0.25) is 0 Å². The Hall–Kier alpha value is -2.89. The van der Waals surface area contributed by atoms with Gasteiger partial charge in [-0.3, -0.25) is 9.59 Å². The number of esters is 1. The number of ether oxygens (including phenoxy) is 1. The van der Waals surface area contributed by atoms with Crippen molar-refractivity contribution in [3.8, 4) is 5.69 Å². The first-order chi connectivity index (χ1) is 14.0. The lowest BCUT2D eigenvalue weighted by Gasteiger charge is -2.13. The van der Waals surface area contributed by atoms with Crippen LogP contribution in [-0.4, -0.2) is 34.8 Å². The van der Waals surface area contributed by atoms with Crippen molar-refractivity contribution >= 4 is 11.9 Å². The molecule has 6 nitrogen and oxygen atoms in total. The lowest BCUT2D eigenvalue weighted by Crippen LogP contribution is -2.30. The molecule has 0 fully saturated rings. The second-order valence-electron chi connectivity index (χ2n) is 7.44. The van der Waals surface area contributed by atoms with Gasteiger partial charge in [0, 0.05) is 17.8 Å². The predicted molar refractivity (Wildman–Crippen MR) is 112 cm³/mol. The predicted octanol–water partition coefficient (Wildman–Crippen LogP) is 3.58. The van der Waals surface area contributed by atoms with Gasteiger partial charge in [0.15, 0.2) is 6.61 Å². The number of carbonyl (C=O) groups is 2. The Balaban J connectivity index is 1.46. The third-order valence-corrected chi connectivity index (χ3v) is 5.28. The summed E-state index contributed by atoms with van der Waals surface area (Å²) in [7, 11) is 0. The normalized spacial score (nSPS) is 13.7. The molecule has 29 heavy (non-hydrogen) atoms. The van der Waals surface area contributed by atoms with Crippen LogP contribution in [-0.2, 0) is 20.7 Å². The summed E-state index contributed by atoms with van der Waals surface area (Å²) >= 11 is 0. The summed E-state index contributed by atoms with van der Waals surface area (Å²) in [6.45, 7) is 4.15. The zero-order chi connectivity index (χ0) is 20.6. The summed E-state index contributed by atoms with van der Waals surface area (Å²) in [6.07, 6.45) is 8.00. The lowest BCUT2D eigenvalue weighted by molar-refractivity contribution is -0.147. The molecule has 0 bridgehead atoms. The van der Waals surface area contributed by atoms with Crippen molar-refractivity contribution < 1.29 is 14.3 Å². The van der Waals surface area contributed by atoms with Crippen LogP contribution in [0.4, 0.5) is 0 Å². The van der Waals surface area contributed by atoms with E-state index in [4.69, 9.17) is 4.74 Å². The highest BCUT2D eigenvalue weighted by Crippen LogP contribution is 2.20.